The number of hydrogen-bond acceptors (Lipinski definition) is 4. The van der Waals surface area contributed by atoms with E-state index >= 15 is 0 Å². The van der Waals surface area contributed by atoms with Gasteiger partial charge in [0.15, 0.2) is 0 Å². The highest BCUT2D eigenvalue weighted by Gasteiger charge is 2.17. The van der Waals surface area contributed by atoms with Gasteiger partial charge < -0.3 is 5.32 Å². The van der Waals surface area contributed by atoms with Gasteiger partial charge in [-0.25, -0.2) is 17.4 Å². The van der Waals surface area contributed by atoms with Crippen molar-refractivity contribution >= 4 is 21.6 Å². The van der Waals surface area contributed by atoms with Gasteiger partial charge in [0.25, 0.3) is 5.91 Å². The SMILES string of the molecule is Cc1ccnn1-c1ccc(C(=O)Nc2cccc(S(=O)(=O)N(C)C)c2)cc1. The topological polar surface area (TPSA) is 84.3 Å². The fraction of sp³-hybridized carbons (Fsp3) is 0.158. The number of rotatable bonds is 5. The molecule has 0 atom stereocenters. The number of carbonyl (C=O) groups excluding carboxylic acids is 1. The molecule has 0 aliphatic carbocycles. The third-order valence-corrected chi connectivity index (χ3v) is 5.89. The molecule has 1 N–H and O–H groups in total. The van der Waals surface area contributed by atoms with Gasteiger partial charge >= 0.3 is 0 Å². The Kier molecular flexibility index (Phi) is 5.11. The number of hydrogen-bond donors (Lipinski definition) is 1. The largest absolute Gasteiger partial charge is 0.322 e. The minimum atomic E-state index is -3.56. The standard InChI is InChI=1S/C19H20N4O3S/c1-14-11-12-20-23(14)17-9-7-15(8-10-17)19(24)21-16-5-4-6-18(13-16)27(25,26)22(2)3/h4-13H,1-3H3,(H,21,24). The molecule has 27 heavy (non-hydrogen) atoms. The number of aromatic nitrogens is 2. The summed E-state index contributed by atoms with van der Waals surface area (Å²) in [6, 6.07) is 15.1. The lowest BCUT2D eigenvalue weighted by atomic mass is 10.2. The van der Waals surface area contributed by atoms with Crippen LogP contribution in [0.2, 0.25) is 0 Å². The van der Waals surface area contributed by atoms with E-state index in [9.17, 15) is 13.2 Å². The number of amides is 1. The van der Waals surface area contributed by atoms with Gasteiger partial charge in [-0.1, -0.05) is 6.07 Å². The molecule has 0 saturated heterocycles. The number of carbonyl (C=O) groups is 1. The minimum absolute atomic E-state index is 0.120. The first-order valence-electron chi connectivity index (χ1n) is 8.24. The van der Waals surface area contributed by atoms with E-state index in [0.29, 0.717) is 11.3 Å². The van der Waals surface area contributed by atoms with Crippen molar-refractivity contribution in [1.29, 1.82) is 0 Å². The number of nitrogens with zero attached hydrogens (tertiary/aromatic N) is 3. The van der Waals surface area contributed by atoms with Gasteiger partial charge in [-0.15, -0.1) is 0 Å². The molecule has 140 valence electrons. The van der Waals surface area contributed by atoms with Crippen molar-refractivity contribution in [2.75, 3.05) is 19.4 Å². The Morgan fingerprint density at radius 1 is 1.07 bits per heavy atom. The summed E-state index contributed by atoms with van der Waals surface area (Å²) in [5.41, 5.74) is 2.72. The first kappa shape index (κ1) is 18.8. The first-order valence-corrected chi connectivity index (χ1v) is 9.68. The lowest BCUT2D eigenvalue weighted by Crippen LogP contribution is -2.22. The first-order chi connectivity index (χ1) is 12.8. The van der Waals surface area contributed by atoms with Crippen LogP contribution in [0.25, 0.3) is 5.69 Å². The van der Waals surface area contributed by atoms with E-state index in [1.165, 1.54) is 26.2 Å². The maximum Gasteiger partial charge on any atom is 0.255 e. The Labute approximate surface area is 158 Å². The summed E-state index contributed by atoms with van der Waals surface area (Å²) in [7, 11) is -0.639. The summed E-state index contributed by atoms with van der Waals surface area (Å²) in [6.45, 7) is 1.95. The van der Waals surface area contributed by atoms with Gasteiger partial charge in [-0.05, 0) is 55.5 Å². The number of aryl methyl sites for hydroxylation is 1. The van der Waals surface area contributed by atoms with Crippen LogP contribution in [0.3, 0.4) is 0 Å². The molecule has 8 heteroatoms. The average Bonchev–Trinajstić information content (AvgIpc) is 3.08. The van der Waals surface area contributed by atoms with Crippen LogP contribution in [0.1, 0.15) is 16.1 Å². The second-order valence-electron chi connectivity index (χ2n) is 6.20. The van der Waals surface area contributed by atoms with Crippen molar-refractivity contribution in [3.05, 3.63) is 72.1 Å². The second-order valence-corrected chi connectivity index (χ2v) is 8.35. The molecule has 0 aliphatic rings. The van der Waals surface area contributed by atoms with Crippen LogP contribution in [0.4, 0.5) is 5.69 Å². The van der Waals surface area contributed by atoms with Gasteiger partial charge in [-0.3, -0.25) is 4.79 Å². The number of nitrogens with one attached hydrogen (secondary N) is 1. The predicted octanol–water partition coefficient (Wildman–Crippen LogP) is 2.68. The van der Waals surface area contributed by atoms with E-state index in [4.69, 9.17) is 0 Å². The number of anilines is 1. The summed E-state index contributed by atoms with van der Waals surface area (Å²) in [5, 5.41) is 6.96. The average molecular weight is 384 g/mol. The summed E-state index contributed by atoms with van der Waals surface area (Å²) in [4.78, 5) is 12.6. The second kappa shape index (κ2) is 7.34. The van der Waals surface area contributed by atoms with Gasteiger partial charge in [-0.2, -0.15) is 5.10 Å². The molecule has 0 fully saturated rings. The summed E-state index contributed by atoms with van der Waals surface area (Å²) in [5.74, 6) is -0.321. The fourth-order valence-electron chi connectivity index (χ4n) is 2.54. The molecule has 0 unspecified atom stereocenters. The lowest BCUT2D eigenvalue weighted by Gasteiger charge is -2.13. The maximum atomic E-state index is 12.5. The molecule has 3 aromatic rings. The van der Waals surface area contributed by atoms with Crippen molar-refractivity contribution in [3.8, 4) is 5.69 Å². The molecule has 2 aromatic carbocycles. The highest BCUT2D eigenvalue weighted by Crippen LogP contribution is 2.19. The zero-order valence-electron chi connectivity index (χ0n) is 15.2. The monoisotopic (exact) mass is 384 g/mol. The molecular formula is C19H20N4O3S. The lowest BCUT2D eigenvalue weighted by molar-refractivity contribution is 0.102. The van der Waals surface area contributed by atoms with E-state index in [2.05, 4.69) is 10.4 Å². The molecule has 1 heterocycles. The highest BCUT2D eigenvalue weighted by molar-refractivity contribution is 7.89. The van der Waals surface area contributed by atoms with Crippen molar-refractivity contribution in [2.24, 2.45) is 0 Å². The van der Waals surface area contributed by atoms with Crippen LogP contribution in [-0.2, 0) is 10.0 Å². The number of benzene rings is 2. The summed E-state index contributed by atoms with van der Waals surface area (Å²) < 4.78 is 27.3. The molecule has 0 spiro atoms. The van der Waals surface area contributed by atoms with E-state index in [-0.39, 0.29) is 10.8 Å². The Bertz CT molecular complexity index is 1070. The third kappa shape index (κ3) is 3.91. The molecule has 0 saturated carbocycles. The van der Waals surface area contributed by atoms with Crippen LogP contribution in [-0.4, -0.2) is 42.5 Å². The van der Waals surface area contributed by atoms with Crippen molar-refractivity contribution in [3.63, 3.8) is 0 Å². The smallest absolute Gasteiger partial charge is 0.255 e. The van der Waals surface area contributed by atoms with E-state index in [0.717, 1.165) is 15.7 Å². The normalized spacial score (nSPS) is 11.6. The quantitative estimate of drug-likeness (QED) is 0.733. The molecule has 1 aromatic heterocycles. The van der Waals surface area contributed by atoms with Crippen LogP contribution in [0.5, 0.6) is 0 Å². The van der Waals surface area contributed by atoms with Gasteiger partial charge in [0.05, 0.1) is 10.6 Å². The molecular weight excluding hydrogens is 364 g/mol. The Morgan fingerprint density at radius 3 is 2.37 bits per heavy atom. The minimum Gasteiger partial charge on any atom is -0.322 e. The van der Waals surface area contributed by atoms with Crippen LogP contribution < -0.4 is 5.32 Å². The predicted molar refractivity (Wildman–Crippen MR) is 104 cm³/mol. The molecule has 7 nitrogen and oxygen atoms in total. The van der Waals surface area contributed by atoms with Crippen LogP contribution in [0, 0.1) is 6.92 Å². The van der Waals surface area contributed by atoms with Crippen molar-refractivity contribution in [1.82, 2.24) is 14.1 Å². The maximum absolute atomic E-state index is 12.5. The summed E-state index contributed by atoms with van der Waals surface area (Å²) >= 11 is 0. The van der Waals surface area contributed by atoms with Crippen LogP contribution >= 0.6 is 0 Å². The molecule has 0 radical (unpaired) electrons. The molecule has 1 amide bonds. The summed E-state index contributed by atoms with van der Waals surface area (Å²) in [6.07, 6.45) is 1.71. The Morgan fingerprint density at radius 2 is 1.78 bits per heavy atom. The van der Waals surface area contributed by atoms with Gasteiger partial charge in [0, 0.05) is 37.2 Å². The number of sulfonamides is 1. The van der Waals surface area contributed by atoms with Crippen LogP contribution in [0.15, 0.2) is 65.7 Å². The van der Waals surface area contributed by atoms with Gasteiger partial charge in [0.2, 0.25) is 10.0 Å². The van der Waals surface area contributed by atoms with E-state index in [1.54, 1.807) is 35.1 Å². The van der Waals surface area contributed by atoms with Crippen molar-refractivity contribution < 1.29 is 13.2 Å². The highest BCUT2D eigenvalue weighted by atomic mass is 32.2. The fourth-order valence-corrected chi connectivity index (χ4v) is 3.49. The zero-order valence-corrected chi connectivity index (χ0v) is 16.1. The Hall–Kier alpha value is -2.97. The van der Waals surface area contributed by atoms with Crippen molar-refractivity contribution in [2.45, 2.75) is 11.8 Å². The van der Waals surface area contributed by atoms with E-state index in [1.807, 2.05) is 25.1 Å². The van der Waals surface area contributed by atoms with Gasteiger partial charge in [0.1, 0.15) is 0 Å². The molecule has 0 bridgehead atoms. The Balaban J connectivity index is 1.79. The molecule has 3 rings (SSSR count). The molecule has 0 aliphatic heterocycles. The third-order valence-electron chi connectivity index (χ3n) is 4.08. The zero-order chi connectivity index (χ0) is 19.6. The van der Waals surface area contributed by atoms with E-state index < -0.39 is 10.0 Å².